The Morgan fingerprint density at radius 2 is 2.03 bits per heavy atom. The number of β-lactam (4-membered cyclic amide) rings is 1. The van der Waals surface area contributed by atoms with Crippen molar-refractivity contribution in [3.8, 4) is 0 Å². The number of nitrogens with zero attached hydrogens (tertiary/aromatic N) is 3. The van der Waals surface area contributed by atoms with E-state index in [0.29, 0.717) is 15.3 Å². The minimum absolute atomic E-state index is 0.0820. The standard InChI is InChI=1S/C22H25N3O8S/c1-5-32-21(31)33-7-6-22(4)14(12-8-24-9-23-15(11(3)27)19(24)34-12)16(20(29)30)25-17(22)13(10(2)26)18(25)28/h8-10,13,17,26H,5-7H2,1-4H3,(H,29,30)/t10-,13-,17-,22+/m1/s1. The highest BCUT2D eigenvalue weighted by atomic mass is 32.1. The lowest BCUT2D eigenvalue weighted by molar-refractivity contribution is -0.167. The zero-order valence-corrected chi connectivity index (χ0v) is 19.9. The summed E-state index contributed by atoms with van der Waals surface area (Å²) in [6, 6.07) is -0.640. The van der Waals surface area contributed by atoms with Crippen LogP contribution in [0.2, 0.25) is 0 Å². The number of ketones is 1. The Hall–Kier alpha value is -3.25. The van der Waals surface area contributed by atoms with E-state index >= 15 is 0 Å². The van der Waals surface area contributed by atoms with E-state index in [1.165, 1.54) is 36.4 Å². The predicted octanol–water partition coefficient (Wildman–Crippen LogP) is 2.19. The van der Waals surface area contributed by atoms with E-state index in [1.807, 2.05) is 0 Å². The van der Waals surface area contributed by atoms with Crippen molar-refractivity contribution in [1.82, 2.24) is 14.3 Å². The Balaban J connectivity index is 1.83. The van der Waals surface area contributed by atoms with E-state index in [2.05, 4.69) is 4.98 Å². The number of fused-ring (bicyclic) bond motifs is 2. The first kappa shape index (κ1) is 23.9. The second-order valence-corrected chi connectivity index (χ2v) is 9.64. The van der Waals surface area contributed by atoms with Gasteiger partial charge >= 0.3 is 12.1 Å². The number of carbonyl (C=O) groups excluding carboxylic acids is 3. The molecule has 0 radical (unpaired) electrons. The second kappa shape index (κ2) is 8.51. The highest BCUT2D eigenvalue weighted by Crippen LogP contribution is 2.59. The largest absolute Gasteiger partial charge is 0.508 e. The highest BCUT2D eigenvalue weighted by Gasteiger charge is 2.66. The van der Waals surface area contributed by atoms with E-state index in [0.717, 1.165) is 0 Å². The summed E-state index contributed by atoms with van der Waals surface area (Å²) in [7, 11) is 0. The molecule has 4 rings (SSSR count). The van der Waals surface area contributed by atoms with E-state index in [1.54, 1.807) is 24.4 Å². The molecule has 0 saturated carbocycles. The molecule has 4 atom stereocenters. The maximum absolute atomic E-state index is 12.9. The average Bonchev–Trinajstić information content (AvgIpc) is 3.36. The number of aromatic nitrogens is 2. The molecule has 0 aliphatic carbocycles. The first-order valence-electron chi connectivity index (χ1n) is 10.8. The molecule has 1 fully saturated rings. The molecular weight excluding hydrogens is 466 g/mol. The zero-order chi connectivity index (χ0) is 24.9. The Kier molecular flexibility index (Phi) is 5.98. The fraction of sp³-hybridized carbons (Fsp3) is 0.500. The maximum atomic E-state index is 12.9. The summed E-state index contributed by atoms with van der Waals surface area (Å²) < 4.78 is 11.6. The van der Waals surface area contributed by atoms with Gasteiger partial charge in [0.2, 0.25) is 5.91 Å². The van der Waals surface area contributed by atoms with Gasteiger partial charge in [0.25, 0.3) is 0 Å². The number of ether oxygens (including phenoxy) is 2. The number of carboxylic acids is 1. The van der Waals surface area contributed by atoms with Gasteiger partial charge in [0.1, 0.15) is 22.5 Å². The average molecular weight is 492 g/mol. The van der Waals surface area contributed by atoms with Crippen LogP contribution in [0.15, 0.2) is 18.2 Å². The van der Waals surface area contributed by atoms with Crippen molar-refractivity contribution in [1.29, 1.82) is 0 Å². The third-order valence-electron chi connectivity index (χ3n) is 6.46. The quantitative estimate of drug-likeness (QED) is 0.322. The number of aliphatic hydroxyl groups is 1. The Bertz CT molecular complexity index is 1230. The highest BCUT2D eigenvalue weighted by molar-refractivity contribution is 7.18. The van der Waals surface area contributed by atoms with Crippen molar-refractivity contribution < 1.29 is 38.9 Å². The Labute approximate surface area is 198 Å². The van der Waals surface area contributed by atoms with Gasteiger partial charge < -0.3 is 24.6 Å². The molecule has 4 heterocycles. The van der Waals surface area contributed by atoms with Crippen LogP contribution in [0.3, 0.4) is 0 Å². The zero-order valence-electron chi connectivity index (χ0n) is 19.1. The van der Waals surface area contributed by atoms with Gasteiger partial charge in [-0.05, 0) is 20.3 Å². The SMILES string of the molecule is CCOC(=O)OCC[C@@]1(C)C(c2cn3cnc(C(C)=O)c3s2)=C(C(=O)O)N2C(=O)[C@H]([C@@H](C)O)[C@@H]21. The van der Waals surface area contributed by atoms with Crippen molar-refractivity contribution in [3.05, 3.63) is 28.8 Å². The van der Waals surface area contributed by atoms with Crippen LogP contribution in [-0.4, -0.2) is 73.7 Å². The molecule has 0 unspecified atom stereocenters. The normalized spacial score (nSPS) is 24.7. The van der Waals surface area contributed by atoms with Gasteiger partial charge in [-0.2, -0.15) is 0 Å². The van der Waals surface area contributed by atoms with Crippen molar-refractivity contribution >= 4 is 45.6 Å². The van der Waals surface area contributed by atoms with Gasteiger partial charge in [-0.25, -0.2) is 14.6 Å². The van der Waals surface area contributed by atoms with Crippen LogP contribution in [0.25, 0.3) is 10.4 Å². The number of hydrogen-bond acceptors (Lipinski definition) is 9. The molecule has 0 spiro atoms. The summed E-state index contributed by atoms with van der Waals surface area (Å²) in [6.07, 6.45) is 1.49. The van der Waals surface area contributed by atoms with E-state index in [9.17, 15) is 29.4 Å². The number of aliphatic hydroxyl groups excluding tert-OH is 1. The smallest absolute Gasteiger partial charge is 0.477 e. The molecule has 2 aromatic heterocycles. The summed E-state index contributed by atoms with van der Waals surface area (Å²) in [5.74, 6) is -2.79. The number of carboxylic acid groups (broad SMARTS) is 1. The number of Topliss-reactive ketones (excluding diaryl/α,β-unsaturated/α-hetero) is 1. The van der Waals surface area contributed by atoms with Gasteiger partial charge in [0.15, 0.2) is 5.78 Å². The molecule has 2 N–H and O–H groups in total. The number of aliphatic carboxylic acids is 1. The minimum atomic E-state index is -1.28. The fourth-order valence-corrected chi connectivity index (χ4v) is 6.30. The molecule has 2 aliphatic rings. The van der Waals surface area contributed by atoms with Crippen molar-refractivity contribution in [3.63, 3.8) is 0 Å². The molecule has 12 heteroatoms. The molecular formula is C22H25N3O8S. The third kappa shape index (κ3) is 3.48. The van der Waals surface area contributed by atoms with Crippen LogP contribution in [0.5, 0.6) is 0 Å². The maximum Gasteiger partial charge on any atom is 0.508 e. The van der Waals surface area contributed by atoms with Gasteiger partial charge in [0, 0.05) is 24.1 Å². The molecule has 0 aromatic carbocycles. The molecule has 11 nitrogen and oxygen atoms in total. The van der Waals surface area contributed by atoms with Crippen LogP contribution in [0.1, 0.15) is 49.5 Å². The van der Waals surface area contributed by atoms with E-state index < -0.39 is 41.5 Å². The van der Waals surface area contributed by atoms with Crippen molar-refractivity contribution in [2.24, 2.45) is 11.3 Å². The third-order valence-corrected chi connectivity index (χ3v) is 7.59. The first-order valence-corrected chi connectivity index (χ1v) is 11.6. The summed E-state index contributed by atoms with van der Waals surface area (Å²) in [5, 5.41) is 20.4. The Morgan fingerprint density at radius 1 is 1.32 bits per heavy atom. The molecule has 34 heavy (non-hydrogen) atoms. The Morgan fingerprint density at radius 3 is 2.62 bits per heavy atom. The summed E-state index contributed by atoms with van der Waals surface area (Å²) in [6.45, 7) is 6.40. The molecule has 1 saturated heterocycles. The van der Waals surface area contributed by atoms with Gasteiger partial charge in [-0.1, -0.05) is 6.92 Å². The van der Waals surface area contributed by atoms with E-state index in [-0.39, 0.29) is 36.8 Å². The number of rotatable bonds is 8. The number of imidazole rings is 1. The van der Waals surface area contributed by atoms with Gasteiger partial charge in [-0.15, -0.1) is 11.3 Å². The number of thiazole rings is 1. The fourth-order valence-electron chi connectivity index (χ4n) is 4.99. The number of amides is 1. The molecule has 2 aromatic rings. The monoisotopic (exact) mass is 491 g/mol. The van der Waals surface area contributed by atoms with Crippen LogP contribution >= 0.6 is 11.3 Å². The first-order chi connectivity index (χ1) is 16.0. The predicted molar refractivity (Wildman–Crippen MR) is 119 cm³/mol. The summed E-state index contributed by atoms with van der Waals surface area (Å²) >= 11 is 1.20. The number of carbonyl (C=O) groups is 4. The van der Waals surface area contributed by atoms with Crippen molar-refractivity contribution in [2.75, 3.05) is 13.2 Å². The lowest BCUT2D eigenvalue weighted by Gasteiger charge is -2.50. The molecule has 182 valence electrons. The van der Waals surface area contributed by atoms with Crippen LogP contribution in [-0.2, 0) is 19.1 Å². The van der Waals surface area contributed by atoms with E-state index in [4.69, 9.17) is 9.47 Å². The second-order valence-electron chi connectivity index (χ2n) is 8.60. The summed E-state index contributed by atoms with van der Waals surface area (Å²) in [5.41, 5.74) is -0.493. The molecule has 2 aliphatic heterocycles. The van der Waals surface area contributed by atoms with Crippen LogP contribution in [0, 0.1) is 11.3 Å². The van der Waals surface area contributed by atoms with Gasteiger partial charge in [-0.3, -0.25) is 14.0 Å². The van der Waals surface area contributed by atoms with Crippen molar-refractivity contribution in [2.45, 2.75) is 46.3 Å². The molecule has 0 bridgehead atoms. The van der Waals surface area contributed by atoms with Gasteiger partial charge in [0.05, 0.1) is 36.2 Å². The van der Waals surface area contributed by atoms with Crippen LogP contribution in [0.4, 0.5) is 4.79 Å². The lowest BCUT2D eigenvalue weighted by atomic mass is 9.66. The molecule has 1 amide bonds. The summed E-state index contributed by atoms with van der Waals surface area (Å²) in [4.78, 5) is 55.4. The lowest BCUT2D eigenvalue weighted by Crippen LogP contribution is -2.66. The number of hydrogen-bond donors (Lipinski definition) is 2. The topological polar surface area (TPSA) is 148 Å². The van der Waals surface area contributed by atoms with Crippen LogP contribution < -0.4 is 0 Å². The minimum Gasteiger partial charge on any atom is -0.477 e.